The van der Waals surface area contributed by atoms with Crippen LogP contribution in [0.5, 0.6) is 0 Å². The lowest BCUT2D eigenvalue weighted by Gasteiger charge is -2.32. The lowest BCUT2D eigenvalue weighted by atomic mass is 10.0. The third-order valence-corrected chi connectivity index (χ3v) is 8.01. The van der Waals surface area contributed by atoms with E-state index in [-0.39, 0.29) is 37.7 Å². The molecule has 1 atom stereocenters. The van der Waals surface area contributed by atoms with E-state index in [0.29, 0.717) is 24.2 Å². The van der Waals surface area contributed by atoms with Crippen LogP contribution in [0.4, 0.5) is 10.1 Å². The molecule has 0 fully saturated rings. The second kappa shape index (κ2) is 14.1. The lowest BCUT2D eigenvalue weighted by Crippen LogP contribution is -2.50. The third-order valence-electron chi connectivity index (χ3n) is 6.82. The Morgan fingerprint density at radius 2 is 1.60 bits per heavy atom. The van der Waals surface area contributed by atoms with Crippen LogP contribution in [0.1, 0.15) is 42.0 Å². The van der Waals surface area contributed by atoms with E-state index in [1.165, 1.54) is 21.3 Å². The fourth-order valence-corrected chi connectivity index (χ4v) is 5.47. The van der Waals surface area contributed by atoms with Crippen LogP contribution >= 0.6 is 0 Å². The Balaban J connectivity index is 1.86. The molecule has 0 spiro atoms. The van der Waals surface area contributed by atoms with E-state index in [0.717, 1.165) is 22.9 Å². The molecule has 0 saturated carbocycles. The molecule has 3 aromatic rings. The Bertz CT molecular complexity index is 1400. The van der Waals surface area contributed by atoms with Crippen LogP contribution in [-0.4, -0.2) is 50.5 Å². The van der Waals surface area contributed by atoms with E-state index in [2.05, 4.69) is 5.32 Å². The van der Waals surface area contributed by atoms with Crippen LogP contribution in [0.15, 0.2) is 72.8 Å². The Kier molecular flexibility index (Phi) is 10.8. The van der Waals surface area contributed by atoms with Gasteiger partial charge in [0.15, 0.2) is 0 Å². The second-order valence-electron chi connectivity index (χ2n) is 9.96. The monoisotopic (exact) mass is 567 g/mol. The van der Waals surface area contributed by atoms with Gasteiger partial charge in [-0.1, -0.05) is 48.5 Å². The number of nitrogens with one attached hydrogen (secondary N) is 1. The highest BCUT2D eigenvalue weighted by Gasteiger charge is 2.30. The van der Waals surface area contributed by atoms with Crippen LogP contribution in [-0.2, 0) is 32.6 Å². The summed E-state index contributed by atoms with van der Waals surface area (Å²) < 4.78 is 40.1. The number of hydrogen-bond donors (Lipinski definition) is 1. The first-order chi connectivity index (χ1) is 19.0. The summed E-state index contributed by atoms with van der Waals surface area (Å²) in [6.07, 6.45) is 1.74. The number of aryl methyl sites for hydroxylation is 2. The molecule has 7 nitrogen and oxygen atoms in total. The first-order valence-electron chi connectivity index (χ1n) is 13.4. The molecule has 0 aromatic heterocycles. The van der Waals surface area contributed by atoms with Crippen molar-refractivity contribution in [3.8, 4) is 0 Å². The van der Waals surface area contributed by atoms with Gasteiger partial charge in [0.2, 0.25) is 21.8 Å². The molecule has 0 aliphatic rings. The van der Waals surface area contributed by atoms with Gasteiger partial charge in [0.1, 0.15) is 11.9 Å². The van der Waals surface area contributed by atoms with Crippen molar-refractivity contribution < 1.29 is 22.4 Å². The number of carbonyl (C=O) groups excluding carboxylic acids is 2. The Morgan fingerprint density at radius 1 is 0.925 bits per heavy atom. The summed E-state index contributed by atoms with van der Waals surface area (Å²) >= 11 is 0. The molecule has 2 amide bonds. The Labute approximate surface area is 237 Å². The lowest BCUT2D eigenvalue weighted by molar-refractivity contribution is -0.141. The van der Waals surface area contributed by atoms with Crippen molar-refractivity contribution in [2.75, 3.05) is 23.7 Å². The van der Waals surface area contributed by atoms with Gasteiger partial charge < -0.3 is 10.2 Å². The van der Waals surface area contributed by atoms with E-state index in [1.54, 1.807) is 18.2 Å². The molecule has 214 valence electrons. The van der Waals surface area contributed by atoms with E-state index in [9.17, 15) is 22.4 Å². The van der Waals surface area contributed by atoms with Crippen molar-refractivity contribution in [3.63, 3.8) is 0 Å². The predicted octanol–water partition coefficient (Wildman–Crippen LogP) is 4.76. The molecule has 1 N–H and O–H groups in total. The summed E-state index contributed by atoms with van der Waals surface area (Å²) in [5, 5.41) is 2.84. The predicted molar refractivity (Wildman–Crippen MR) is 157 cm³/mol. The summed E-state index contributed by atoms with van der Waals surface area (Å²) in [5.41, 5.74) is 4.15. The number of likely N-dealkylation sites (N-methyl/N-ethyl adjacent to an activating group) is 1. The first kappa shape index (κ1) is 30.8. The average Bonchev–Trinajstić information content (AvgIpc) is 2.91. The van der Waals surface area contributed by atoms with Gasteiger partial charge in [-0.2, -0.15) is 0 Å². The summed E-state index contributed by atoms with van der Waals surface area (Å²) in [6, 6.07) is 19.9. The zero-order chi connectivity index (χ0) is 29.3. The van der Waals surface area contributed by atoms with Crippen LogP contribution in [0, 0.1) is 19.7 Å². The first-order valence-corrected chi connectivity index (χ1v) is 15.2. The van der Waals surface area contributed by atoms with Crippen LogP contribution in [0.2, 0.25) is 0 Å². The second-order valence-corrected chi connectivity index (χ2v) is 11.9. The fraction of sp³-hybridized carbons (Fsp3) is 0.355. The number of hydrogen-bond acceptors (Lipinski definition) is 4. The van der Waals surface area contributed by atoms with Gasteiger partial charge in [0.25, 0.3) is 0 Å². The summed E-state index contributed by atoms with van der Waals surface area (Å²) in [7, 11) is -3.59. The number of amides is 2. The number of benzene rings is 3. The molecule has 0 aliphatic carbocycles. The topological polar surface area (TPSA) is 86.8 Å². The van der Waals surface area contributed by atoms with Crippen molar-refractivity contribution >= 4 is 27.5 Å². The molecule has 9 heteroatoms. The normalized spacial score (nSPS) is 12.0. The maximum absolute atomic E-state index is 13.7. The van der Waals surface area contributed by atoms with Gasteiger partial charge in [-0.3, -0.25) is 13.9 Å². The van der Waals surface area contributed by atoms with Crippen molar-refractivity contribution in [2.24, 2.45) is 0 Å². The Morgan fingerprint density at radius 3 is 2.20 bits per heavy atom. The van der Waals surface area contributed by atoms with Gasteiger partial charge in [-0.25, -0.2) is 12.8 Å². The van der Waals surface area contributed by atoms with Gasteiger partial charge in [-0.05, 0) is 73.7 Å². The Hall–Kier alpha value is -3.72. The highest BCUT2D eigenvalue weighted by Crippen LogP contribution is 2.23. The zero-order valence-electron chi connectivity index (χ0n) is 23.6. The number of anilines is 1. The van der Waals surface area contributed by atoms with Gasteiger partial charge >= 0.3 is 0 Å². The number of halogens is 1. The highest BCUT2D eigenvalue weighted by atomic mass is 32.2. The van der Waals surface area contributed by atoms with E-state index in [1.807, 2.05) is 63.2 Å². The highest BCUT2D eigenvalue weighted by molar-refractivity contribution is 7.92. The minimum absolute atomic E-state index is 0.0305. The van der Waals surface area contributed by atoms with Gasteiger partial charge in [0, 0.05) is 32.5 Å². The smallest absolute Gasteiger partial charge is 0.243 e. The quantitative estimate of drug-likeness (QED) is 0.323. The molecule has 3 rings (SSSR count). The van der Waals surface area contributed by atoms with Crippen molar-refractivity contribution in [3.05, 3.63) is 101 Å². The van der Waals surface area contributed by atoms with Gasteiger partial charge in [-0.15, -0.1) is 0 Å². The minimum atomic E-state index is -3.59. The number of sulfonamides is 1. The third kappa shape index (κ3) is 8.64. The molecular formula is C31H38FN3O4S. The molecular weight excluding hydrogens is 529 g/mol. The standard InChI is InChI=1S/C31H38FN3O4S/c1-5-33-31(37)29(21-25-10-7-6-8-11-25)34(22-26-14-16-27(32)17-15-26)30(36)12-9-19-35(40(4,38)39)28-18-13-23(2)24(3)20-28/h6-8,10-11,13-18,20,29H,5,9,12,19,21-22H2,1-4H3,(H,33,37)/t29-/m0/s1. The largest absolute Gasteiger partial charge is 0.355 e. The van der Waals surface area contributed by atoms with Crippen molar-refractivity contribution in [1.29, 1.82) is 0 Å². The summed E-state index contributed by atoms with van der Waals surface area (Å²) in [6.45, 7) is 6.32. The zero-order valence-corrected chi connectivity index (χ0v) is 24.4. The molecule has 0 unspecified atom stereocenters. The fourth-order valence-electron chi connectivity index (χ4n) is 4.52. The van der Waals surface area contributed by atoms with Crippen LogP contribution in [0.3, 0.4) is 0 Å². The number of rotatable bonds is 13. The van der Waals surface area contributed by atoms with Crippen molar-refractivity contribution in [2.45, 2.75) is 52.6 Å². The van der Waals surface area contributed by atoms with E-state index >= 15 is 0 Å². The number of nitrogens with zero attached hydrogens (tertiary/aromatic N) is 2. The SMILES string of the molecule is CCNC(=O)[C@H](Cc1ccccc1)N(Cc1ccc(F)cc1)C(=O)CCCN(c1ccc(C)c(C)c1)S(C)(=O)=O. The van der Waals surface area contributed by atoms with Crippen LogP contribution in [0.25, 0.3) is 0 Å². The van der Waals surface area contributed by atoms with E-state index < -0.39 is 21.9 Å². The molecule has 0 bridgehead atoms. The van der Waals surface area contributed by atoms with Gasteiger partial charge in [0.05, 0.1) is 11.9 Å². The summed E-state index contributed by atoms with van der Waals surface area (Å²) in [4.78, 5) is 28.5. The van der Waals surface area contributed by atoms with E-state index in [4.69, 9.17) is 0 Å². The van der Waals surface area contributed by atoms with Crippen LogP contribution < -0.4 is 9.62 Å². The molecule has 3 aromatic carbocycles. The molecule has 0 saturated heterocycles. The molecule has 40 heavy (non-hydrogen) atoms. The maximum Gasteiger partial charge on any atom is 0.243 e. The minimum Gasteiger partial charge on any atom is -0.355 e. The van der Waals surface area contributed by atoms with Crippen molar-refractivity contribution in [1.82, 2.24) is 10.2 Å². The summed E-state index contributed by atoms with van der Waals surface area (Å²) in [5.74, 6) is -0.960. The maximum atomic E-state index is 13.7. The average molecular weight is 568 g/mol. The molecule has 0 radical (unpaired) electrons. The molecule has 0 heterocycles. The number of carbonyl (C=O) groups is 2. The molecule has 0 aliphatic heterocycles.